The minimum absolute atomic E-state index is 0.128. The first-order valence-electron chi connectivity index (χ1n) is 4.55. The van der Waals surface area contributed by atoms with E-state index in [0.717, 1.165) is 18.4 Å². The quantitative estimate of drug-likeness (QED) is 0.767. The van der Waals surface area contributed by atoms with Crippen molar-refractivity contribution < 1.29 is 9.90 Å². The zero-order valence-corrected chi connectivity index (χ0v) is 7.86. The second-order valence-electron chi connectivity index (χ2n) is 3.68. The summed E-state index contributed by atoms with van der Waals surface area (Å²) < 4.78 is 1.54. The van der Waals surface area contributed by atoms with Crippen molar-refractivity contribution >= 4 is 5.97 Å². The third-order valence-electron chi connectivity index (χ3n) is 2.35. The smallest absolute Gasteiger partial charge is 0.341 e. The molecule has 0 aromatic carbocycles. The Kier molecular flexibility index (Phi) is 1.91. The topological polar surface area (TPSA) is 59.3 Å². The molecule has 1 aromatic heterocycles. The molecule has 0 amide bonds. The molecule has 1 fully saturated rings. The summed E-state index contributed by atoms with van der Waals surface area (Å²) in [5, 5.41) is 8.80. The van der Waals surface area contributed by atoms with E-state index in [4.69, 9.17) is 5.11 Å². The molecule has 1 aliphatic carbocycles. The molecule has 14 heavy (non-hydrogen) atoms. The number of nitrogens with zero attached hydrogens (tertiary/aromatic N) is 1. The number of aromatic nitrogens is 1. The van der Waals surface area contributed by atoms with Gasteiger partial charge in [-0.25, -0.2) is 4.79 Å². The monoisotopic (exact) mass is 193 g/mol. The van der Waals surface area contributed by atoms with E-state index in [9.17, 15) is 9.59 Å². The molecule has 0 bridgehead atoms. The van der Waals surface area contributed by atoms with Gasteiger partial charge in [-0.1, -0.05) is 0 Å². The zero-order chi connectivity index (χ0) is 10.3. The van der Waals surface area contributed by atoms with Crippen LogP contribution >= 0.6 is 0 Å². The van der Waals surface area contributed by atoms with E-state index in [-0.39, 0.29) is 17.2 Å². The van der Waals surface area contributed by atoms with Crippen molar-refractivity contribution in [2.75, 3.05) is 0 Å². The average Bonchev–Trinajstić information content (AvgIpc) is 2.91. The van der Waals surface area contributed by atoms with Crippen LogP contribution in [0.1, 0.15) is 34.8 Å². The number of rotatable bonds is 2. The van der Waals surface area contributed by atoms with Crippen LogP contribution in [0, 0.1) is 6.92 Å². The molecule has 0 spiro atoms. The van der Waals surface area contributed by atoms with Crippen molar-refractivity contribution in [3.05, 3.63) is 33.7 Å². The summed E-state index contributed by atoms with van der Waals surface area (Å²) in [5.74, 6) is -1.15. The van der Waals surface area contributed by atoms with Gasteiger partial charge in [0.1, 0.15) is 5.56 Å². The Morgan fingerprint density at radius 2 is 2.21 bits per heavy atom. The van der Waals surface area contributed by atoms with Gasteiger partial charge < -0.3 is 9.67 Å². The van der Waals surface area contributed by atoms with Crippen molar-refractivity contribution in [1.29, 1.82) is 0 Å². The lowest BCUT2D eigenvalue weighted by Crippen LogP contribution is -2.25. The Labute approximate surface area is 80.8 Å². The summed E-state index contributed by atoms with van der Waals surface area (Å²) in [4.78, 5) is 22.4. The fourth-order valence-corrected chi connectivity index (χ4v) is 1.52. The van der Waals surface area contributed by atoms with Crippen molar-refractivity contribution in [2.45, 2.75) is 25.8 Å². The highest BCUT2D eigenvalue weighted by Crippen LogP contribution is 2.33. The standard InChI is InChI=1S/C10H11NO3/c1-6-4-8(10(13)14)9(12)11(5-6)7-2-3-7/h4-5,7H,2-3H2,1H3,(H,13,14). The first kappa shape index (κ1) is 8.99. The van der Waals surface area contributed by atoms with Gasteiger partial charge in [0.25, 0.3) is 5.56 Å². The lowest BCUT2D eigenvalue weighted by molar-refractivity contribution is 0.0694. The van der Waals surface area contributed by atoms with Crippen LogP contribution in [0.15, 0.2) is 17.1 Å². The summed E-state index contributed by atoms with van der Waals surface area (Å²) in [5.41, 5.74) is 0.302. The van der Waals surface area contributed by atoms with Gasteiger partial charge in [-0.2, -0.15) is 0 Å². The van der Waals surface area contributed by atoms with Crippen LogP contribution < -0.4 is 5.56 Å². The molecular formula is C10H11NO3. The van der Waals surface area contributed by atoms with Gasteiger partial charge in [-0.15, -0.1) is 0 Å². The molecule has 4 nitrogen and oxygen atoms in total. The lowest BCUT2D eigenvalue weighted by Gasteiger charge is -2.05. The van der Waals surface area contributed by atoms with E-state index in [0.29, 0.717) is 0 Å². The highest BCUT2D eigenvalue weighted by molar-refractivity contribution is 5.87. The van der Waals surface area contributed by atoms with Gasteiger partial charge >= 0.3 is 5.97 Å². The summed E-state index contributed by atoms with van der Waals surface area (Å²) in [7, 11) is 0. The van der Waals surface area contributed by atoms with Gasteiger partial charge in [0, 0.05) is 12.2 Å². The Bertz CT molecular complexity index is 443. The Morgan fingerprint density at radius 1 is 1.57 bits per heavy atom. The number of carboxylic acids is 1. The fraction of sp³-hybridized carbons (Fsp3) is 0.400. The second-order valence-corrected chi connectivity index (χ2v) is 3.68. The third-order valence-corrected chi connectivity index (χ3v) is 2.35. The first-order valence-corrected chi connectivity index (χ1v) is 4.55. The molecule has 0 radical (unpaired) electrons. The zero-order valence-electron chi connectivity index (χ0n) is 7.86. The summed E-state index contributed by atoms with van der Waals surface area (Å²) >= 11 is 0. The average molecular weight is 193 g/mol. The van der Waals surface area contributed by atoms with Crippen LogP contribution in [0.5, 0.6) is 0 Å². The summed E-state index contributed by atoms with van der Waals surface area (Å²) in [6.07, 6.45) is 3.68. The maximum Gasteiger partial charge on any atom is 0.341 e. The fourth-order valence-electron chi connectivity index (χ4n) is 1.52. The minimum Gasteiger partial charge on any atom is -0.477 e. The number of hydrogen-bond donors (Lipinski definition) is 1. The third kappa shape index (κ3) is 1.43. The Morgan fingerprint density at radius 3 is 2.71 bits per heavy atom. The van der Waals surface area contributed by atoms with Crippen LogP contribution in [0.4, 0.5) is 0 Å². The van der Waals surface area contributed by atoms with Gasteiger partial charge in [-0.3, -0.25) is 4.79 Å². The van der Waals surface area contributed by atoms with Crippen LogP contribution in [0.3, 0.4) is 0 Å². The molecule has 0 saturated heterocycles. The lowest BCUT2D eigenvalue weighted by atomic mass is 10.2. The molecule has 2 rings (SSSR count). The van der Waals surface area contributed by atoms with Crippen LogP contribution in [0.25, 0.3) is 0 Å². The molecule has 1 N–H and O–H groups in total. The number of aryl methyl sites for hydroxylation is 1. The molecule has 0 unspecified atom stereocenters. The van der Waals surface area contributed by atoms with Crippen molar-refractivity contribution in [3.8, 4) is 0 Å². The van der Waals surface area contributed by atoms with Crippen LogP contribution in [-0.4, -0.2) is 15.6 Å². The first-order chi connectivity index (χ1) is 6.59. The number of carboxylic acid groups (broad SMARTS) is 1. The highest BCUT2D eigenvalue weighted by Gasteiger charge is 2.26. The molecule has 0 atom stereocenters. The predicted molar refractivity (Wildman–Crippen MR) is 50.7 cm³/mol. The van der Waals surface area contributed by atoms with Crippen LogP contribution in [0.2, 0.25) is 0 Å². The normalized spacial score (nSPS) is 15.5. The largest absolute Gasteiger partial charge is 0.477 e. The van der Waals surface area contributed by atoms with E-state index < -0.39 is 5.97 Å². The Balaban J connectivity index is 2.61. The van der Waals surface area contributed by atoms with Crippen LogP contribution in [-0.2, 0) is 0 Å². The number of pyridine rings is 1. The second kappa shape index (κ2) is 2.97. The van der Waals surface area contributed by atoms with E-state index in [1.807, 2.05) is 0 Å². The number of aromatic carboxylic acids is 1. The molecular weight excluding hydrogens is 182 g/mol. The molecule has 74 valence electrons. The Hall–Kier alpha value is -1.58. The van der Waals surface area contributed by atoms with Crippen molar-refractivity contribution in [1.82, 2.24) is 4.57 Å². The van der Waals surface area contributed by atoms with E-state index in [2.05, 4.69) is 0 Å². The molecule has 1 saturated carbocycles. The molecule has 4 heteroatoms. The maximum absolute atomic E-state index is 11.6. The predicted octanol–water partition coefficient (Wildman–Crippen LogP) is 1.19. The molecule has 1 heterocycles. The van der Waals surface area contributed by atoms with Gasteiger partial charge in [0.15, 0.2) is 0 Å². The van der Waals surface area contributed by atoms with Crippen molar-refractivity contribution in [2.24, 2.45) is 0 Å². The van der Waals surface area contributed by atoms with E-state index in [1.54, 1.807) is 17.7 Å². The number of carbonyl (C=O) groups is 1. The summed E-state index contributed by atoms with van der Waals surface area (Å²) in [6, 6.07) is 1.64. The highest BCUT2D eigenvalue weighted by atomic mass is 16.4. The minimum atomic E-state index is -1.15. The summed E-state index contributed by atoms with van der Waals surface area (Å²) in [6.45, 7) is 1.80. The molecule has 1 aromatic rings. The number of hydrogen-bond acceptors (Lipinski definition) is 2. The molecule has 1 aliphatic rings. The van der Waals surface area contributed by atoms with E-state index in [1.165, 1.54) is 6.07 Å². The van der Waals surface area contributed by atoms with Gasteiger partial charge in [-0.05, 0) is 31.4 Å². The van der Waals surface area contributed by atoms with E-state index >= 15 is 0 Å². The maximum atomic E-state index is 11.6. The van der Waals surface area contributed by atoms with Crippen molar-refractivity contribution in [3.63, 3.8) is 0 Å². The van der Waals surface area contributed by atoms with Gasteiger partial charge in [0.05, 0.1) is 0 Å². The van der Waals surface area contributed by atoms with Gasteiger partial charge in [0.2, 0.25) is 0 Å². The molecule has 0 aliphatic heterocycles. The SMILES string of the molecule is Cc1cc(C(=O)O)c(=O)n(C2CC2)c1.